The van der Waals surface area contributed by atoms with E-state index in [0.717, 1.165) is 37.9 Å². The van der Waals surface area contributed by atoms with E-state index in [1.807, 2.05) is 12.1 Å². The molecule has 0 saturated carbocycles. The van der Waals surface area contributed by atoms with Crippen molar-refractivity contribution < 1.29 is 4.79 Å². The van der Waals surface area contributed by atoms with E-state index in [4.69, 9.17) is 0 Å². The monoisotopic (exact) mass is 408 g/mol. The minimum atomic E-state index is -0.326. The summed E-state index contributed by atoms with van der Waals surface area (Å²) in [6.45, 7) is 6.82. The second kappa shape index (κ2) is 8.79. The van der Waals surface area contributed by atoms with Crippen molar-refractivity contribution in [3.63, 3.8) is 0 Å². The van der Waals surface area contributed by atoms with Crippen molar-refractivity contribution in [2.45, 2.75) is 45.7 Å². The summed E-state index contributed by atoms with van der Waals surface area (Å²) in [6.07, 6.45) is 4.70. The summed E-state index contributed by atoms with van der Waals surface area (Å²) in [6, 6.07) is 10.2. The molecule has 3 heterocycles. The number of carbonyl (C=O) groups is 1. The Bertz CT molecular complexity index is 1090. The molecule has 0 spiro atoms. The van der Waals surface area contributed by atoms with Crippen LogP contribution in [-0.4, -0.2) is 55.9 Å². The Balaban J connectivity index is 1.47. The summed E-state index contributed by atoms with van der Waals surface area (Å²) in [5.74, 6) is -0.202. The SMILES string of the molecule is CCc1ccc(-c2cc3c(=O)n(CC(=O)NC[C@H]4CCCN4CC)ncn3n2)cc1. The van der Waals surface area contributed by atoms with Crippen molar-refractivity contribution in [3.8, 4) is 11.3 Å². The maximum atomic E-state index is 12.8. The van der Waals surface area contributed by atoms with Crippen LogP contribution < -0.4 is 10.9 Å². The first-order valence-electron chi connectivity index (χ1n) is 10.6. The molecule has 2 aromatic heterocycles. The van der Waals surface area contributed by atoms with Crippen LogP contribution in [0, 0.1) is 0 Å². The molecule has 8 heteroatoms. The molecule has 158 valence electrons. The Hall–Kier alpha value is -3.00. The average molecular weight is 409 g/mol. The third kappa shape index (κ3) is 4.14. The normalized spacial score (nSPS) is 16.9. The predicted molar refractivity (Wildman–Crippen MR) is 115 cm³/mol. The second-order valence-corrected chi connectivity index (χ2v) is 7.73. The maximum Gasteiger partial charge on any atom is 0.293 e. The first-order valence-corrected chi connectivity index (χ1v) is 10.6. The van der Waals surface area contributed by atoms with Gasteiger partial charge in [0, 0.05) is 18.2 Å². The highest BCUT2D eigenvalue weighted by atomic mass is 16.2. The van der Waals surface area contributed by atoms with Crippen LogP contribution in [0.3, 0.4) is 0 Å². The van der Waals surface area contributed by atoms with Crippen LogP contribution in [0.1, 0.15) is 32.3 Å². The number of benzene rings is 1. The van der Waals surface area contributed by atoms with E-state index >= 15 is 0 Å². The number of nitrogens with zero attached hydrogens (tertiary/aromatic N) is 5. The molecule has 1 N–H and O–H groups in total. The van der Waals surface area contributed by atoms with Crippen LogP contribution in [0.2, 0.25) is 0 Å². The Morgan fingerprint density at radius 2 is 2.03 bits per heavy atom. The van der Waals surface area contributed by atoms with E-state index in [1.165, 1.54) is 21.1 Å². The fourth-order valence-corrected chi connectivity index (χ4v) is 4.07. The zero-order chi connectivity index (χ0) is 21.1. The minimum Gasteiger partial charge on any atom is -0.353 e. The number of hydrogen-bond donors (Lipinski definition) is 1. The third-order valence-corrected chi connectivity index (χ3v) is 5.88. The van der Waals surface area contributed by atoms with Gasteiger partial charge in [-0.1, -0.05) is 38.1 Å². The van der Waals surface area contributed by atoms with Gasteiger partial charge in [-0.05, 0) is 44.0 Å². The molecular formula is C22H28N6O2. The number of nitrogens with one attached hydrogen (secondary N) is 1. The summed E-state index contributed by atoms with van der Waals surface area (Å²) in [7, 11) is 0. The van der Waals surface area contributed by atoms with Gasteiger partial charge in [0.15, 0.2) is 0 Å². The van der Waals surface area contributed by atoms with Gasteiger partial charge in [0.25, 0.3) is 5.56 Å². The summed E-state index contributed by atoms with van der Waals surface area (Å²) in [4.78, 5) is 27.6. The minimum absolute atomic E-state index is 0.0973. The first-order chi connectivity index (χ1) is 14.6. The highest BCUT2D eigenvalue weighted by molar-refractivity contribution is 5.75. The Kier molecular flexibility index (Phi) is 5.94. The zero-order valence-corrected chi connectivity index (χ0v) is 17.5. The standard InChI is InChI=1S/C22H28N6O2/c1-3-16-7-9-17(10-8-16)19-12-20-22(30)27(24-15-28(20)25-19)14-21(29)23-13-18-6-5-11-26(18)4-2/h7-10,12,15,18H,3-6,11,13-14H2,1-2H3,(H,23,29)/t18-/m1/s1. The van der Waals surface area contributed by atoms with Crippen molar-refractivity contribution in [2.75, 3.05) is 19.6 Å². The predicted octanol–water partition coefficient (Wildman–Crippen LogP) is 1.72. The average Bonchev–Trinajstić information content (AvgIpc) is 3.41. The van der Waals surface area contributed by atoms with Gasteiger partial charge >= 0.3 is 0 Å². The van der Waals surface area contributed by atoms with Gasteiger partial charge in [-0.2, -0.15) is 10.2 Å². The molecule has 0 bridgehead atoms. The molecule has 3 aromatic rings. The fourth-order valence-electron chi connectivity index (χ4n) is 4.07. The van der Waals surface area contributed by atoms with Gasteiger partial charge in [0.2, 0.25) is 5.91 Å². The smallest absolute Gasteiger partial charge is 0.293 e. The second-order valence-electron chi connectivity index (χ2n) is 7.73. The molecule has 1 aromatic carbocycles. The Morgan fingerprint density at radius 3 is 2.77 bits per heavy atom. The van der Waals surface area contributed by atoms with Crippen molar-refractivity contribution >= 4 is 11.4 Å². The fraction of sp³-hybridized carbons (Fsp3) is 0.455. The molecule has 1 aliphatic heterocycles. The van der Waals surface area contributed by atoms with Crippen LogP contribution in [-0.2, 0) is 17.8 Å². The number of likely N-dealkylation sites (tertiary alicyclic amines) is 1. The molecule has 1 amide bonds. The topological polar surface area (TPSA) is 84.5 Å². The molecule has 0 radical (unpaired) electrons. The largest absolute Gasteiger partial charge is 0.353 e. The van der Waals surface area contributed by atoms with Crippen molar-refractivity contribution in [3.05, 3.63) is 52.6 Å². The molecule has 30 heavy (non-hydrogen) atoms. The van der Waals surface area contributed by atoms with E-state index in [0.29, 0.717) is 23.8 Å². The molecule has 4 rings (SSSR count). The van der Waals surface area contributed by atoms with Crippen molar-refractivity contribution in [2.24, 2.45) is 0 Å². The van der Waals surface area contributed by atoms with Crippen molar-refractivity contribution in [1.82, 2.24) is 29.6 Å². The van der Waals surface area contributed by atoms with Gasteiger partial charge in [0.05, 0.1) is 5.69 Å². The van der Waals surface area contributed by atoms with E-state index in [9.17, 15) is 9.59 Å². The molecule has 1 saturated heterocycles. The number of aryl methyl sites for hydroxylation is 1. The number of likely N-dealkylation sites (N-methyl/N-ethyl adjacent to an activating group) is 1. The number of rotatable bonds is 7. The summed E-state index contributed by atoms with van der Waals surface area (Å²) in [5.41, 5.74) is 2.97. The van der Waals surface area contributed by atoms with Gasteiger partial charge in [-0.15, -0.1) is 0 Å². The number of fused-ring (bicyclic) bond motifs is 1. The zero-order valence-electron chi connectivity index (χ0n) is 17.5. The Morgan fingerprint density at radius 1 is 1.23 bits per heavy atom. The van der Waals surface area contributed by atoms with Gasteiger partial charge < -0.3 is 5.32 Å². The number of hydrogen-bond acceptors (Lipinski definition) is 5. The highest BCUT2D eigenvalue weighted by Gasteiger charge is 2.23. The summed E-state index contributed by atoms with van der Waals surface area (Å²) in [5, 5.41) is 11.5. The summed E-state index contributed by atoms with van der Waals surface area (Å²) >= 11 is 0. The number of aromatic nitrogens is 4. The highest BCUT2D eigenvalue weighted by Crippen LogP contribution is 2.19. The van der Waals surface area contributed by atoms with E-state index in [2.05, 4.69) is 46.4 Å². The molecule has 1 atom stereocenters. The summed E-state index contributed by atoms with van der Waals surface area (Å²) < 4.78 is 2.67. The molecule has 0 unspecified atom stereocenters. The van der Waals surface area contributed by atoms with E-state index in [1.54, 1.807) is 6.07 Å². The molecule has 0 aliphatic carbocycles. The van der Waals surface area contributed by atoms with Crippen LogP contribution >= 0.6 is 0 Å². The van der Waals surface area contributed by atoms with Crippen LogP contribution in [0.25, 0.3) is 16.8 Å². The van der Waals surface area contributed by atoms with Gasteiger partial charge in [0.1, 0.15) is 18.4 Å². The molecule has 8 nitrogen and oxygen atoms in total. The van der Waals surface area contributed by atoms with E-state index < -0.39 is 0 Å². The van der Waals surface area contributed by atoms with E-state index in [-0.39, 0.29) is 18.0 Å². The molecule has 1 fully saturated rings. The van der Waals surface area contributed by atoms with Gasteiger partial charge in [-0.3, -0.25) is 14.5 Å². The lowest BCUT2D eigenvalue weighted by Crippen LogP contribution is -2.42. The van der Waals surface area contributed by atoms with Gasteiger partial charge in [-0.25, -0.2) is 9.20 Å². The quantitative estimate of drug-likeness (QED) is 0.644. The van der Waals surface area contributed by atoms with Crippen molar-refractivity contribution in [1.29, 1.82) is 0 Å². The molecular weight excluding hydrogens is 380 g/mol. The Labute approximate surface area is 175 Å². The first kappa shape index (κ1) is 20.3. The number of carbonyl (C=O) groups excluding carboxylic acids is 1. The lowest BCUT2D eigenvalue weighted by atomic mass is 10.1. The maximum absolute atomic E-state index is 12.8. The third-order valence-electron chi connectivity index (χ3n) is 5.88. The van der Waals surface area contributed by atoms with Crippen LogP contribution in [0.4, 0.5) is 0 Å². The lowest BCUT2D eigenvalue weighted by molar-refractivity contribution is -0.122. The molecule has 1 aliphatic rings. The van der Waals surface area contributed by atoms with Crippen LogP contribution in [0.15, 0.2) is 41.5 Å². The van der Waals surface area contributed by atoms with Crippen LogP contribution in [0.5, 0.6) is 0 Å². The lowest BCUT2D eigenvalue weighted by Gasteiger charge is -2.22. The number of amides is 1.